The zero-order chi connectivity index (χ0) is 18.2. The Labute approximate surface area is 150 Å². The van der Waals surface area contributed by atoms with Crippen molar-refractivity contribution in [1.29, 1.82) is 5.41 Å². The van der Waals surface area contributed by atoms with Crippen molar-refractivity contribution < 1.29 is 9.59 Å². The lowest BCUT2D eigenvalue weighted by atomic mass is 9.66. The molecule has 4 unspecified atom stereocenters. The predicted molar refractivity (Wildman–Crippen MR) is 101 cm³/mol. The third kappa shape index (κ3) is 3.24. The molecule has 1 N–H and O–H groups in total. The minimum absolute atomic E-state index is 0.0147. The number of hydrogen-bond donors (Lipinski definition) is 1. The van der Waals surface area contributed by atoms with Crippen LogP contribution in [-0.4, -0.2) is 17.3 Å². The van der Waals surface area contributed by atoms with Crippen molar-refractivity contribution in [2.24, 2.45) is 23.2 Å². The van der Waals surface area contributed by atoms with Gasteiger partial charge in [0.25, 0.3) is 0 Å². The summed E-state index contributed by atoms with van der Waals surface area (Å²) in [6.45, 7) is 6.20. The second-order valence-electron chi connectivity index (χ2n) is 8.00. The average molecular weight is 337 g/mol. The monoisotopic (exact) mass is 337 g/mol. The standard InChI is InChI=1S/C22H27NO2/c1-14(13-22(3)11-7-6-10-19(22)23)15(2)20-18(24)12-16-8-4-5-9-17(16)21(20)25/h6-11,14-15,20,23H,4-5,12-13H2,1-3H3. The summed E-state index contributed by atoms with van der Waals surface area (Å²) in [5.74, 6) is -0.297. The fourth-order valence-electron chi connectivity index (χ4n) is 4.36. The Hall–Kier alpha value is -2.03. The van der Waals surface area contributed by atoms with Gasteiger partial charge in [-0.05, 0) is 42.7 Å². The summed E-state index contributed by atoms with van der Waals surface area (Å²) in [5.41, 5.74) is 1.99. The normalized spacial score (nSPS) is 31.3. The van der Waals surface area contributed by atoms with Crippen LogP contribution in [0.25, 0.3) is 0 Å². The maximum absolute atomic E-state index is 13.0. The van der Waals surface area contributed by atoms with E-state index >= 15 is 0 Å². The van der Waals surface area contributed by atoms with E-state index in [9.17, 15) is 9.59 Å². The molecule has 1 fully saturated rings. The van der Waals surface area contributed by atoms with Crippen molar-refractivity contribution in [3.05, 3.63) is 47.6 Å². The Bertz CT molecular complexity index is 737. The van der Waals surface area contributed by atoms with Crippen LogP contribution in [0.2, 0.25) is 0 Å². The molecule has 0 heterocycles. The molecule has 3 nitrogen and oxygen atoms in total. The number of rotatable bonds is 4. The van der Waals surface area contributed by atoms with Gasteiger partial charge < -0.3 is 5.41 Å². The molecule has 0 aromatic carbocycles. The van der Waals surface area contributed by atoms with Crippen molar-refractivity contribution in [3.63, 3.8) is 0 Å². The highest BCUT2D eigenvalue weighted by atomic mass is 16.2. The molecule has 3 aliphatic carbocycles. The second-order valence-corrected chi connectivity index (χ2v) is 8.00. The molecule has 4 atom stereocenters. The number of allylic oxidation sites excluding steroid dienone is 8. The largest absolute Gasteiger partial charge is 0.304 e. The lowest BCUT2D eigenvalue weighted by molar-refractivity contribution is -0.134. The smallest absolute Gasteiger partial charge is 0.173 e. The number of carbonyl (C=O) groups is 2. The van der Waals surface area contributed by atoms with E-state index in [-0.39, 0.29) is 28.8 Å². The van der Waals surface area contributed by atoms with Crippen molar-refractivity contribution in [3.8, 4) is 0 Å². The summed E-state index contributed by atoms with van der Waals surface area (Å²) in [5, 5.41) is 8.23. The first kappa shape index (κ1) is 17.8. The van der Waals surface area contributed by atoms with Gasteiger partial charge in [0.15, 0.2) is 5.78 Å². The maximum Gasteiger partial charge on any atom is 0.173 e. The Kier molecular flexibility index (Phi) is 4.77. The van der Waals surface area contributed by atoms with E-state index in [2.05, 4.69) is 26.0 Å². The second kappa shape index (κ2) is 6.70. The molecule has 0 bridgehead atoms. The van der Waals surface area contributed by atoms with Gasteiger partial charge in [-0.2, -0.15) is 0 Å². The zero-order valence-electron chi connectivity index (χ0n) is 15.3. The zero-order valence-corrected chi connectivity index (χ0v) is 15.3. The number of carbonyl (C=O) groups excluding carboxylic acids is 2. The van der Waals surface area contributed by atoms with E-state index in [1.165, 1.54) is 0 Å². The van der Waals surface area contributed by atoms with Gasteiger partial charge in [0, 0.05) is 23.1 Å². The van der Waals surface area contributed by atoms with Crippen LogP contribution in [0.15, 0.2) is 47.6 Å². The Morgan fingerprint density at radius 2 is 1.92 bits per heavy atom. The Balaban J connectivity index is 1.78. The van der Waals surface area contributed by atoms with E-state index in [0.29, 0.717) is 12.1 Å². The lowest BCUT2D eigenvalue weighted by Crippen LogP contribution is -2.40. The average Bonchev–Trinajstić information content (AvgIpc) is 2.57. The first-order valence-corrected chi connectivity index (χ1v) is 9.25. The van der Waals surface area contributed by atoms with Crippen LogP contribution in [0.5, 0.6) is 0 Å². The molecule has 0 aliphatic heterocycles. The van der Waals surface area contributed by atoms with E-state index in [1.807, 2.05) is 31.2 Å². The molecule has 0 saturated heterocycles. The van der Waals surface area contributed by atoms with Crippen LogP contribution >= 0.6 is 0 Å². The number of ketones is 2. The lowest BCUT2D eigenvalue weighted by Gasteiger charge is -2.37. The quantitative estimate of drug-likeness (QED) is 0.762. The summed E-state index contributed by atoms with van der Waals surface area (Å²) in [7, 11) is 0. The van der Waals surface area contributed by atoms with Crippen LogP contribution in [0.3, 0.4) is 0 Å². The van der Waals surface area contributed by atoms with Gasteiger partial charge in [-0.1, -0.05) is 51.2 Å². The summed E-state index contributed by atoms with van der Waals surface area (Å²) in [4.78, 5) is 25.6. The topological polar surface area (TPSA) is 58.0 Å². The summed E-state index contributed by atoms with van der Waals surface area (Å²) in [6.07, 6.45) is 14.8. The predicted octanol–water partition coefficient (Wildman–Crippen LogP) is 4.61. The minimum Gasteiger partial charge on any atom is -0.304 e. The summed E-state index contributed by atoms with van der Waals surface area (Å²) >= 11 is 0. The number of hydrogen-bond acceptors (Lipinski definition) is 3. The fourth-order valence-corrected chi connectivity index (χ4v) is 4.36. The van der Waals surface area contributed by atoms with Gasteiger partial charge in [0.05, 0.1) is 5.92 Å². The van der Waals surface area contributed by atoms with Gasteiger partial charge in [-0.3, -0.25) is 9.59 Å². The first-order valence-electron chi connectivity index (χ1n) is 9.25. The van der Waals surface area contributed by atoms with Crippen LogP contribution in [0, 0.1) is 28.6 Å². The molecule has 0 aromatic heterocycles. The van der Waals surface area contributed by atoms with Crippen LogP contribution in [0.1, 0.15) is 46.5 Å². The third-order valence-corrected chi connectivity index (χ3v) is 6.13. The molecule has 3 heteroatoms. The molecule has 1 saturated carbocycles. The molecule has 3 rings (SSSR count). The molecule has 0 amide bonds. The number of nitrogens with one attached hydrogen (secondary N) is 1. The van der Waals surface area contributed by atoms with E-state index in [0.717, 1.165) is 30.4 Å². The van der Waals surface area contributed by atoms with Crippen LogP contribution < -0.4 is 0 Å². The van der Waals surface area contributed by atoms with Gasteiger partial charge in [-0.25, -0.2) is 0 Å². The highest BCUT2D eigenvalue weighted by Gasteiger charge is 2.42. The molecule has 25 heavy (non-hydrogen) atoms. The van der Waals surface area contributed by atoms with Gasteiger partial charge in [0.2, 0.25) is 0 Å². The molecular weight excluding hydrogens is 310 g/mol. The summed E-state index contributed by atoms with van der Waals surface area (Å²) < 4.78 is 0. The van der Waals surface area contributed by atoms with E-state index in [1.54, 1.807) is 0 Å². The van der Waals surface area contributed by atoms with Crippen LogP contribution in [0.4, 0.5) is 0 Å². The first-order chi connectivity index (χ1) is 11.8. The van der Waals surface area contributed by atoms with Crippen LogP contribution in [-0.2, 0) is 9.59 Å². The Morgan fingerprint density at radius 3 is 2.64 bits per heavy atom. The molecule has 0 radical (unpaired) electrons. The van der Waals surface area contributed by atoms with Crippen molar-refractivity contribution in [1.82, 2.24) is 0 Å². The van der Waals surface area contributed by atoms with E-state index < -0.39 is 5.92 Å². The van der Waals surface area contributed by atoms with E-state index in [4.69, 9.17) is 5.41 Å². The highest BCUT2D eigenvalue weighted by molar-refractivity contribution is 6.17. The van der Waals surface area contributed by atoms with Crippen molar-refractivity contribution >= 4 is 17.3 Å². The molecular formula is C22H27NO2. The third-order valence-electron chi connectivity index (χ3n) is 6.13. The number of Topliss-reactive ketones (excluding diaryl/α,β-unsaturated/α-hetero) is 2. The van der Waals surface area contributed by atoms with Gasteiger partial charge >= 0.3 is 0 Å². The minimum atomic E-state index is -0.530. The number of fused-ring (bicyclic) bond motifs is 1. The summed E-state index contributed by atoms with van der Waals surface area (Å²) in [6, 6.07) is 0. The molecule has 0 spiro atoms. The SMILES string of the molecule is CC(CC1(C)C=CC=CC1=N)C(C)C1C(=O)CC2=CCCC=C2C1=O. The molecule has 3 aliphatic rings. The maximum atomic E-state index is 13.0. The van der Waals surface area contributed by atoms with Crippen molar-refractivity contribution in [2.75, 3.05) is 0 Å². The fraction of sp³-hybridized carbons (Fsp3) is 0.500. The van der Waals surface area contributed by atoms with Crippen molar-refractivity contribution in [2.45, 2.75) is 46.5 Å². The molecule has 0 aromatic rings. The Morgan fingerprint density at radius 1 is 1.20 bits per heavy atom. The van der Waals surface area contributed by atoms with Gasteiger partial charge in [-0.15, -0.1) is 0 Å². The van der Waals surface area contributed by atoms with Gasteiger partial charge in [0.1, 0.15) is 5.78 Å². The molecule has 132 valence electrons. The highest BCUT2D eigenvalue weighted by Crippen LogP contribution is 2.41.